The molecule has 0 aliphatic carbocycles. The van der Waals surface area contributed by atoms with E-state index in [-0.39, 0.29) is 12.4 Å². The highest BCUT2D eigenvalue weighted by molar-refractivity contribution is 5.76. The fraction of sp³-hybridized carbons (Fsp3) is 0.909. The molecular formula is C11H22O3. The van der Waals surface area contributed by atoms with E-state index in [9.17, 15) is 4.79 Å². The Morgan fingerprint density at radius 1 is 1.00 bits per heavy atom. The fourth-order valence-corrected chi connectivity index (χ4v) is 1.04. The highest BCUT2D eigenvalue weighted by atomic mass is 16.5. The summed E-state index contributed by atoms with van der Waals surface area (Å²) in [6.07, 6.45) is 4.48. The summed E-state index contributed by atoms with van der Waals surface area (Å²) in [6.45, 7) is 6.14. The molecule has 0 aromatic rings. The van der Waals surface area contributed by atoms with E-state index in [0.29, 0.717) is 6.61 Å². The average Bonchev–Trinajstić information content (AvgIpc) is 2.15. The van der Waals surface area contributed by atoms with Gasteiger partial charge < -0.3 is 9.47 Å². The lowest BCUT2D eigenvalue weighted by Crippen LogP contribution is -2.07. The monoisotopic (exact) mass is 202 g/mol. The van der Waals surface area contributed by atoms with E-state index >= 15 is 0 Å². The van der Waals surface area contributed by atoms with Crippen molar-refractivity contribution >= 4 is 5.78 Å². The van der Waals surface area contributed by atoms with E-state index < -0.39 is 0 Å². The highest BCUT2D eigenvalue weighted by Crippen LogP contribution is 1.94. The second-order valence-electron chi connectivity index (χ2n) is 3.43. The van der Waals surface area contributed by atoms with Crippen molar-refractivity contribution in [3.63, 3.8) is 0 Å². The third-order valence-corrected chi connectivity index (χ3v) is 1.77. The van der Waals surface area contributed by atoms with Gasteiger partial charge in [0.2, 0.25) is 0 Å². The maximum absolute atomic E-state index is 10.5. The summed E-state index contributed by atoms with van der Waals surface area (Å²) in [5, 5.41) is 0. The van der Waals surface area contributed by atoms with Gasteiger partial charge in [0.05, 0.1) is 0 Å². The van der Waals surface area contributed by atoms with Crippen LogP contribution in [0.4, 0.5) is 0 Å². The molecular weight excluding hydrogens is 180 g/mol. The standard InChI is InChI=1S/C11H22O3/c1-3-4-5-7-13-8-6-9-14-10-11(2)12/h3-10H2,1-2H3. The molecule has 3 nitrogen and oxygen atoms in total. The summed E-state index contributed by atoms with van der Waals surface area (Å²) in [5.74, 6) is 0.0777. The predicted octanol–water partition coefficient (Wildman–Crippen LogP) is 2.19. The first kappa shape index (κ1) is 13.6. The lowest BCUT2D eigenvalue weighted by molar-refractivity contribution is -0.121. The molecule has 0 aromatic heterocycles. The van der Waals surface area contributed by atoms with Gasteiger partial charge in [-0.15, -0.1) is 0 Å². The maximum atomic E-state index is 10.5. The van der Waals surface area contributed by atoms with Crippen molar-refractivity contribution in [1.29, 1.82) is 0 Å². The number of ether oxygens (including phenoxy) is 2. The van der Waals surface area contributed by atoms with Gasteiger partial charge in [-0.2, -0.15) is 0 Å². The van der Waals surface area contributed by atoms with E-state index in [1.165, 1.54) is 19.8 Å². The molecule has 0 atom stereocenters. The highest BCUT2D eigenvalue weighted by Gasteiger charge is 1.93. The van der Waals surface area contributed by atoms with Gasteiger partial charge in [0, 0.05) is 19.8 Å². The number of carbonyl (C=O) groups is 1. The predicted molar refractivity (Wildman–Crippen MR) is 56.5 cm³/mol. The molecule has 0 saturated carbocycles. The maximum Gasteiger partial charge on any atom is 0.155 e. The summed E-state index contributed by atoms with van der Waals surface area (Å²) in [5.41, 5.74) is 0. The lowest BCUT2D eigenvalue weighted by atomic mass is 10.3. The molecule has 0 fully saturated rings. The first-order valence-corrected chi connectivity index (χ1v) is 5.42. The molecule has 0 unspecified atom stereocenters. The molecule has 0 bridgehead atoms. The molecule has 0 heterocycles. The van der Waals surface area contributed by atoms with Crippen molar-refractivity contribution in [3.05, 3.63) is 0 Å². The summed E-state index contributed by atoms with van der Waals surface area (Å²) in [6, 6.07) is 0. The van der Waals surface area contributed by atoms with Gasteiger partial charge >= 0.3 is 0 Å². The second-order valence-corrected chi connectivity index (χ2v) is 3.43. The van der Waals surface area contributed by atoms with Crippen LogP contribution in [0, 0.1) is 0 Å². The molecule has 0 saturated heterocycles. The van der Waals surface area contributed by atoms with Crippen LogP contribution in [0.25, 0.3) is 0 Å². The van der Waals surface area contributed by atoms with Crippen LogP contribution in [0.5, 0.6) is 0 Å². The number of ketones is 1. The Kier molecular flexibility index (Phi) is 10.4. The molecule has 0 aliphatic heterocycles. The molecule has 0 aliphatic rings. The van der Waals surface area contributed by atoms with Crippen molar-refractivity contribution in [2.24, 2.45) is 0 Å². The minimum atomic E-state index is 0.0777. The third kappa shape index (κ3) is 11.6. The van der Waals surface area contributed by atoms with Crippen molar-refractivity contribution in [1.82, 2.24) is 0 Å². The van der Waals surface area contributed by atoms with Crippen LogP contribution in [0.15, 0.2) is 0 Å². The average molecular weight is 202 g/mol. The van der Waals surface area contributed by atoms with Gasteiger partial charge in [-0.1, -0.05) is 19.8 Å². The van der Waals surface area contributed by atoms with Gasteiger partial charge in [-0.05, 0) is 19.8 Å². The zero-order valence-electron chi connectivity index (χ0n) is 9.38. The van der Waals surface area contributed by atoms with Crippen molar-refractivity contribution in [2.45, 2.75) is 39.5 Å². The molecule has 14 heavy (non-hydrogen) atoms. The van der Waals surface area contributed by atoms with Gasteiger partial charge in [0.25, 0.3) is 0 Å². The number of rotatable bonds is 10. The molecule has 0 spiro atoms. The van der Waals surface area contributed by atoms with Gasteiger partial charge in [-0.25, -0.2) is 0 Å². The van der Waals surface area contributed by atoms with Gasteiger partial charge in [0.1, 0.15) is 6.61 Å². The Hall–Kier alpha value is -0.410. The largest absolute Gasteiger partial charge is 0.381 e. The third-order valence-electron chi connectivity index (χ3n) is 1.77. The quantitative estimate of drug-likeness (QED) is 0.509. The number of Topliss-reactive ketones (excluding diaryl/α,β-unsaturated/α-hetero) is 1. The number of hydrogen-bond donors (Lipinski definition) is 0. The van der Waals surface area contributed by atoms with E-state index in [1.54, 1.807) is 0 Å². The summed E-state index contributed by atoms with van der Waals surface area (Å²) in [7, 11) is 0. The first-order chi connectivity index (χ1) is 6.77. The zero-order chi connectivity index (χ0) is 10.6. The minimum absolute atomic E-state index is 0.0777. The lowest BCUT2D eigenvalue weighted by Gasteiger charge is -2.03. The van der Waals surface area contributed by atoms with Crippen LogP contribution in [0.3, 0.4) is 0 Å². The number of carbonyl (C=O) groups excluding carboxylic acids is 1. The number of unbranched alkanes of at least 4 members (excludes halogenated alkanes) is 2. The summed E-state index contributed by atoms with van der Waals surface area (Å²) in [4.78, 5) is 10.5. The first-order valence-electron chi connectivity index (χ1n) is 5.42. The zero-order valence-corrected chi connectivity index (χ0v) is 9.38. The van der Waals surface area contributed by atoms with Crippen molar-refractivity contribution in [3.8, 4) is 0 Å². The van der Waals surface area contributed by atoms with E-state index in [1.807, 2.05) is 0 Å². The van der Waals surface area contributed by atoms with Crippen LogP contribution in [0.2, 0.25) is 0 Å². The summed E-state index contributed by atoms with van der Waals surface area (Å²) < 4.78 is 10.5. The fourth-order valence-electron chi connectivity index (χ4n) is 1.04. The van der Waals surface area contributed by atoms with E-state index in [4.69, 9.17) is 9.47 Å². The molecule has 84 valence electrons. The van der Waals surface area contributed by atoms with E-state index in [0.717, 1.165) is 26.1 Å². The van der Waals surface area contributed by atoms with Gasteiger partial charge in [-0.3, -0.25) is 4.79 Å². The van der Waals surface area contributed by atoms with Crippen LogP contribution < -0.4 is 0 Å². The van der Waals surface area contributed by atoms with Crippen LogP contribution in [-0.2, 0) is 14.3 Å². The Balaban J connectivity index is 2.88. The Bertz CT molecular complexity index is 134. The Morgan fingerprint density at radius 2 is 1.64 bits per heavy atom. The summed E-state index contributed by atoms with van der Waals surface area (Å²) >= 11 is 0. The topological polar surface area (TPSA) is 35.5 Å². The smallest absolute Gasteiger partial charge is 0.155 e. The molecule has 0 amide bonds. The molecule has 3 heteroatoms. The molecule has 0 N–H and O–H groups in total. The SMILES string of the molecule is CCCCCOCCCOCC(C)=O. The van der Waals surface area contributed by atoms with Crippen LogP contribution >= 0.6 is 0 Å². The molecule has 0 aromatic carbocycles. The van der Waals surface area contributed by atoms with Crippen molar-refractivity contribution in [2.75, 3.05) is 26.4 Å². The van der Waals surface area contributed by atoms with Crippen LogP contribution in [-0.4, -0.2) is 32.2 Å². The number of hydrogen-bond acceptors (Lipinski definition) is 3. The second kappa shape index (κ2) is 10.7. The Labute approximate surface area is 86.8 Å². The van der Waals surface area contributed by atoms with E-state index in [2.05, 4.69) is 6.92 Å². The molecule has 0 radical (unpaired) electrons. The minimum Gasteiger partial charge on any atom is -0.381 e. The van der Waals surface area contributed by atoms with Gasteiger partial charge in [0.15, 0.2) is 5.78 Å². The van der Waals surface area contributed by atoms with Crippen molar-refractivity contribution < 1.29 is 14.3 Å². The molecule has 0 rings (SSSR count). The normalized spacial score (nSPS) is 10.4. The van der Waals surface area contributed by atoms with Crippen LogP contribution in [0.1, 0.15) is 39.5 Å². The Morgan fingerprint density at radius 3 is 2.29 bits per heavy atom.